The highest BCUT2D eigenvalue weighted by Crippen LogP contribution is 2.12. The highest BCUT2D eigenvalue weighted by atomic mass is 32.1. The molecule has 0 aliphatic carbocycles. The molecule has 2 nitrogen and oxygen atoms in total. The summed E-state index contributed by atoms with van der Waals surface area (Å²) in [5.41, 5.74) is 0.819. The first-order valence-electron chi connectivity index (χ1n) is 3.67. The van der Waals surface area contributed by atoms with E-state index in [0.717, 1.165) is 11.3 Å². The lowest BCUT2D eigenvalue weighted by Gasteiger charge is -2.00. The fourth-order valence-corrected chi connectivity index (χ4v) is 1.08. The largest absolute Gasteiger partial charge is 0.497 e. The summed E-state index contributed by atoms with van der Waals surface area (Å²) in [5, 5.41) is 0. The van der Waals surface area contributed by atoms with Crippen LogP contribution in [-0.4, -0.2) is 17.9 Å². The second-order valence-corrected chi connectivity index (χ2v) is 2.79. The number of benzene rings is 1. The number of hydrogen-bond donors (Lipinski definition) is 0. The Balaban J connectivity index is 2.92. The van der Waals surface area contributed by atoms with E-state index in [-0.39, 0.29) is 0 Å². The van der Waals surface area contributed by atoms with E-state index in [2.05, 4.69) is 0 Å². The molecule has 0 heterocycles. The number of allylic oxidation sites excluding steroid dienone is 1. The fraction of sp³-hybridized carbons (Fsp3) is 0.100. The van der Waals surface area contributed by atoms with E-state index in [1.165, 1.54) is 6.08 Å². The molecule has 1 rings (SSSR count). The van der Waals surface area contributed by atoms with E-state index in [1.54, 1.807) is 37.3 Å². The van der Waals surface area contributed by atoms with Gasteiger partial charge < -0.3 is 4.74 Å². The highest BCUT2D eigenvalue weighted by Gasteiger charge is 1.97. The number of methoxy groups -OCH3 is 1. The quantitative estimate of drug-likeness (QED) is 0.316. The summed E-state index contributed by atoms with van der Waals surface area (Å²) in [5.74, 6) is 2.41. The monoisotopic (exact) mass is 192 g/mol. The molecule has 0 fully saturated rings. The van der Waals surface area contributed by atoms with Gasteiger partial charge in [-0.25, -0.2) is 4.79 Å². The zero-order chi connectivity index (χ0) is 9.68. The summed E-state index contributed by atoms with van der Waals surface area (Å²) in [6.07, 6.45) is 1.23. The van der Waals surface area contributed by atoms with Gasteiger partial charge in [0.25, 0.3) is 0 Å². The highest BCUT2D eigenvalue weighted by molar-refractivity contribution is 7.81. The predicted octanol–water partition coefficient (Wildman–Crippen LogP) is 1.80. The molecule has 0 atom stereocenters. The van der Waals surface area contributed by atoms with Crippen LogP contribution >= 0.6 is 12.2 Å². The first kappa shape index (κ1) is 9.65. The molecule has 0 saturated carbocycles. The smallest absolute Gasteiger partial charge is 0.125 e. The Kier molecular flexibility index (Phi) is 3.38. The Morgan fingerprint density at radius 1 is 1.46 bits per heavy atom. The van der Waals surface area contributed by atoms with Crippen LogP contribution in [0, 0.1) is 0 Å². The summed E-state index contributed by atoms with van der Waals surface area (Å²) >= 11 is 4.94. The molecule has 0 N–H and O–H groups in total. The molecular weight excluding hydrogens is 184 g/mol. The van der Waals surface area contributed by atoms with E-state index in [9.17, 15) is 4.79 Å². The van der Waals surface area contributed by atoms with Crippen molar-refractivity contribution in [3.8, 4) is 5.75 Å². The summed E-state index contributed by atoms with van der Waals surface area (Å²) in [7, 11) is 1.60. The summed E-state index contributed by atoms with van der Waals surface area (Å²) in [6, 6.07) is 7.19. The minimum Gasteiger partial charge on any atom is -0.497 e. The summed E-state index contributed by atoms with van der Waals surface area (Å²) < 4.78 is 4.98. The van der Waals surface area contributed by atoms with Crippen molar-refractivity contribution in [3.05, 3.63) is 35.9 Å². The molecule has 3 heteroatoms. The molecule has 0 aliphatic rings. The van der Waals surface area contributed by atoms with Crippen molar-refractivity contribution in [3.63, 3.8) is 0 Å². The molecule has 1 aromatic rings. The standard InChI is InChI=1S/C10H8O2S/c1-12-9-4-2-8(3-5-9)10(13)6-7-11/h2-6H,1H3. The van der Waals surface area contributed by atoms with Crippen molar-refractivity contribution in [2.24, 2.45) is 0 Å². The van der Waals surface area contributed by atoms with Gasteiger partial charge in [0.1, 0.15) is 11.7 Å². The van der Waals surface area contributed by atoms with E-state index in [1.807, 2.05) is 0 Å². The Morgan fingerprint density at radius 3 is 2.54 bits per heavy atom. The van der Waals surface area contributed by atoms with Gasteiger partial charge in [0.2, 0.25) is 0 Å². The van der Waals surface area contributed by atoms with Gasteiger partial charge in [0, 0.05) is 6.08 Å². The first-order chi connectivity index (χ1) is 6.27. The Labute approximate surface area is 81.8 Å². The maximum atomic E-state index is 10.0. The number of hydrogen-bond acceptors (Lipinski definition) is 3. The third-order valence-corrected chi connectivity index (χ3v) is 1.92. The Bertz CT molecular complexity index is 348. The van der Waals surface area contributed by atoms with E-state index >= 15 is 0 Å². The molecular formula is C10H8O2S. The lowest BCUT2D eigenvalue weighted by Crippen LogP contribution is -1.92. The Morgan fingerprint density at radius 2 is 2.08 bits per heavy atom. The van der Waals surface area contributed by atoms with Gasteiger partial charge in [-0.15, -0.1) is 0 Å². The molecule has 0 saturated heterocycles. The van der Waals surface area contributed by atoms with Crippen LogP contribution in [0.4, 0.5) is 0 Å². The van der Waals surface area contributed by atoms with Crippen molar-refractivity contribution in [2.45, 2.75) is 0 Å². The van der Waals surface area contributed by atoms with Crippen molar-refractivity contribution in [1.82, 2.24) is 0 Å². The maximum absolute atomic E-state index is 10.0. The molecule has 66 valence electrons. The van der Waals surface area contributed by atoms with Gasteiger partial charge in [-0.05, 0) is 29.8 Å². The molecule has 0 aliphatic heterocycles. The van der Waals surface area contributed by atoms with Crippen LogP contribution in [0.3, 0.4) is 0 Å². The van der Waals surface area contributed by atoms with Crippen LogP contribution in [0.1, 0.15) is 5.56 Å². The number of thiocarbonyl (C=S) groups is 1. The van der Waals surface area contributed by atoms with Crippen molar-refractivity contribution >= 4 is 23.0 Å². The molecule has 13 heavy (non-hydrogen) atoms. The second kappa shape index (κ2) is 4.55. The molecule has 0 unspecified atom stereocenters. The van der Waals surface area contributed by atoms with E-state index < -0.39 is 0 Å². The van der Waals surface area contributed by atoms with Gasteiger partial charge in [-0.3, -0.25) is 0 Å². The topological polar surface area (TPSA) is 26.3 Å². The van der Waals surface area contributed by atoms with Crippen LogP contribution in [0.5, 0.6) is 5.75 Å². The Hall–Kier alpha value is -1.44. The number of carbonyl (C=O) groups excluding carboxylic acids is 1. The van der Waals surface area contributed by atoms with Crippen LogP contribution in [0.15, 0.2) is 30.3 Å². The summed E-state index contributed by atoms with van der Waals surface area (Å²) in [4.78, 5) is 10.5. The normalized spacial score (nSPS) is 8.69. The third kappa shape index (κ3) is 2.51. The second-order valence-electron chi connectivity index (χ2n) is 2.35. The molecule has 0 bridgehead atoms. The van der Waals surface area contributed by atoms with Crippen LogP contribution < -0.4 is 4.74 Å². The molecule has 0 amide bonds. The zero-order valence-corrected chi connectivity index (χ0v) is 7.93. The molecule has 1 aromatic carbocycles. The van der Waals surface area contributed by atoms with Gasteiger partial charge in [-0.1, -0.05) is 12.2 Å². The van der Waals surface area contributed by atoms with Gasteiger partial charge >= 0.3 is 0 Å². The molecule has 0 aromatic heterocycles. The van der Waals surface area contributed by atoms with Crippen molar-refractivity contribution in [1.29, 1.82) is 0 Å². The fourth-order valence-electron chi connectivity index (χ4n) is 0.892. The number of ether oxygens (including phenoxy) is 1. The average Bonchev–Trinajstić information content (AvgIpc) is 2.18. The van der Waals surface area contributed by atoms with E-state index in [0.29, 0.717) is 4.86 Å². The van der Waals surface area contributed by atoms with Gasteiger partial charge in [0.15, 0.2) is 0 Å². The van der Waals surface area contributed by atoms with Crippen molar-refractivity contribution < 1.29 is 9.53 Å². The van der Waals surface area contributed by atoms with E-state index in [4.69, 9.17) is 17.0 Å². The number of rotatable bonds is 3. The summed E-state index contributed by atoms with van der Waals surface area (Å²) in [6.45, 7) is 0. The third-order valence-electron chi connectivity index (χ3n) is 1.56. The average molecular weight is 192 g/mol. The minimum absolute atomic E-state index is 0.484. The van der Waals surface area contributed by atoms with Gasteiger partial charge in [-0.2, -0.15) is 0 Å². The maximum Gasteiger partial charge on any atom is 0.125 e. The first-order valence-corrected chi connectivity index (χ1v) is 4.08. The van der Waals surface area contributed by atoms with Crippen LogP contribution in [0.25, 0.3) is 0 Å². The lowest BCUT2D eigenvalue weighted by atomic mass is 10.1. The lowest BCUT2D eigenvalue weighted by molar-refractivity contribution is 0.415. The zero-order valence-electron chi connectivity index (χ0n) is 7.11. The molecule has 0 spiro atoms. The van der Waals surface area contributed by atoms with Crippen LogP contribution in [0.2, 0.25) is 0 Å². The molecule has 0 radical (unpaired) electrons. The SMILES string of the molecule is COc1ccc(C(=S)C=C=O)cc1. The van der Waals surface area contributed by atoms with Crippen LogP contribution in [-0.2, 0) is 4.79 Å². The minimum atomic E-state index is 0.484. The van der Waals surface area contributed by atoms with Crippen molar-refractivity contribution in [2.75, 3.05) is 7.11 Å². The predicted molar refractivity (Wildman–Crippen MR) is 55.0 cm³/mol. The van der Waals surface area contributed by atoms with Gasteiger partial charge in [0.05, 0.1) is 12.0 Å².